The fourth-order valence-corrected chi connectivity index (χ4v) is 5.05. The van der Waals surface area contributed by atoms with E-state index < -0.39 is 0 Å². The van der Waals surface area contributed by atoms with Crippen molar-refractivity contribution in [3.8, 4) is 17.1 Å². The van der Waals surface area contributed by atoms with Crippen molar-refractivity contribution in [2.24, 2.45) is 0 Å². The van der Waals surface area contributed by atoms with E-state index in [1.807, 2.05) is 24.3 Å². The number of hydrogen-bond donors (Lipinski definition) is 3. The Hall–Kier alpha value is -3.30. The second-order valence-corrected chi connectivity index (χ2v) is 9.44. The number of nitrogens with one attached hydrogen (secondary N) is 3. The van der Waals surface area contributed by atoms with Gasteiger partial charge in [0.15, 0.2) is 0 Å². The van der Waals surface area contributed by atoms with Crippen LogP contribution in [0.3, 0.4) is 0 Å². The third kappa shape index (κ3) is 4.92. The first kappa shape index (κ1) is 23.4. The van der Waals surface area contributed by atoms with Gasteiger partial charge in [-0.15, -0.1) is 0 Å². The number of benzene rings is 2. The number of aromatic nitrogens is 3. The number of morpholine rings is 1. The molecule has 1 aliphatic heterocycles. The molecule has 4 aromatic rings. The summed E-state index contributed by atoms with van der Waals surface area (Å²) in [5.74, 6) is 1.36. The minimum Gasteiger partial charge on any atom is -0.496 e. The zero-order valence-electron chi connectivity index (χ0n) is 19.8. The first-order valence-electron chi connectivity index (χ1n) is 11.6. The summed E-state index contributed by atoms with van der Waals surface area (Å²) in [4.78, 5) is 26.2. The predicted octanol–water partition coefficient (Wildman–Crippen LogP) is 4.49. The SMILES string of the molecule is COc1ccc(CCNc2cc[nH]c(=O)c2-c2nc3c(C)cc(N4CCOCC4)cc3[nH]2)cc1Br. The fraction of sp³-hybridized carbons (Fsp3) is 0.308. The number of methoxy groups -OCH3 is 1. The van der Waals surface area contributed by atoms with Crippen molar-refractivity contribution in [1.29, 1.82) is 0 Å². The highest BCUT2D eigenvalue weighted by atomic mass is 79.9. The molecule has 0 aliphatic carbocycles. The van der Waals surface area contributed by atoms with Gasteiger partial charge in [0.05, 0.1) is 41.5 Å². The maximum Gasteiger partial charge on any atom is 0.261 e. The lowest BCUT2D eigenvalue weighted by atomic mass is 10.1. The van der Waals surface area contributed by atoms with Crippen molar-refractivity contribution < 1.29 is 9.47 Å². The topological polar surface area (TPSA) is 95.3 Å². The van der Waals surface area contributed by atoms with Gasteiger partial charge < -0.3 is 29.7 Å². The van der Waals surface area contributed by atoms with E-state index in [2.05, 4.69) is 55.2 Å². The molecular formula is C26H28BrN5O3. The monoisotopic (exact) mass is 537 g/mol. The lowest BCUT2D eigenvalue weighted by Gasteiger charge is -2.29. The lowest BCUT2D eigenvalue weighted by Crippen LogP contribution is -2.36. The maximum absolute atomic E-state index is 12.9. The van der Waals surface area contributed by atoms with Crippen molar-refractivity contribution in [1.82, 2.24) is 15.0 Å². The van der Waals surface area contributed by atoms with Gasteiger partial charge in [-0.1, -0.05) is 6.07 Å². The highest BCUT2D eigenvalue weighted by Crippen LogP contribution is 2.30. The Morgan fingerprint density at radius 2 is 2.03 bits per heavy atom. The molecule has 1 aliphatic rings. The number of anilines is 2. The van der Waals surface area contributed by atoms with Crippen LogP contribution in [0.1, 0.15) is 11.1 Å². The number of nitrogens with zero attached hydrogens (tertiary/aromatic N) is 2. The minimum absolute atomic E-state index is 0.188. The van der Waals surface area contributed by atoms with E-state index >= 15 is 0 Å². The van der Waals surface area contributed by atoms with E-state index in [4.69, 9.17) is 14.5 Å². The Morgan fingerprint density at radius 1 is 1.20 bits per heavy atom. The van der Waals surface area contributed by atoms with Gasteiger partial charge in [0.25, 0.3) is 5.56 Å². The van der Waals surface area contributed by atoms with Crippen LogP contribution in [0.5, 0.6) is 5.75 Å². The number of fused-ring (bicyclic) bond motifs is 1. The van der Waals surface area contributed by atoms with E-state index in [1.165, 1.54) is 0 Å². The van der Waals surface area contributed by atoms with E-state index in [1.54, 1.807) is 13.3 Å². The van der Waals surface area contributed by atoms with E-state index in [9.17, 15) is 4.79 Å². The van der Waals surface area contributed by atoms with Crippen LogP contribution in [-0.4, -0.2) is 54.9 Å². The zero-order valence-corrected chi connectivity index (χ0v) is 21.4. The summed E-state index contributed by atoms with van der Waals surface area (Å²) in [6.45, 7) is 5.90. The molecule has 0 saturated carbocycles. The van der Waals surface area contributed by atoms with Gasteiger partial charge in [-0.05, 0) is 70.7 Å². The molecule has 1 saturated heterocycles. The average Bonchev–Trinajstić information content (AvgIpc) is 3.29. The summed E-state index contributed by atoms with van der Waals surface area (Å²) in [5, 5.41) is 3.42. The second kappa shape index (κ2) is 10.1. The van der Waals surface area contributed by atoms with Crippen molar-refractivity contribution in [3.63, 3.8) is 0 Å². The molecule has 2 aromatic carbocycles. The zero-order chi connectivity index (χ0) is 24.4. The number of rotatable bonds is 7. The molecule has 35 heavy (non-hydrogen) atoms. The van der Waals surface area contributed by atoms with Crippen LogP contribution in [0.15, 0.2) is 51.9 Å². The van der Waals surface area contributed by atoms with E-state index in [0.29, 0.717) is 17.9 Å². The maximum atomic E-state index is 12.9. The van der Waals surface area contributed by atoms with Crippen molar-refractivity contribution >= 4 is 38.3 Å². The molecule has 8 nitrogen and oxygen atoms in total. The minimum atomic E-state index is -0.188. The summed E-state index contributed by atoms with van der Waals surface area (Å²) in [7, 11) is 1.65. The molecule has 0 atom stereocenters. The number of hydrogen-bond acceptors (Lipinski definition) is 6. The molecule has 0 radical (unpaired) electrons. The number of pyridine rings is 1. The molecule has 9 heteroatoms. The Morgan fingerprint density at radius 3 is 2.80 bits per heavy atom. The van der Waals surface area contributed by atoms with Crippen LogP contribution >= 0.6 is 15.9 Å². The molecule has 182 valence electrons. The molecule has 5 rings (SSSR count). The molecule has 2 aromatic heterocycles. The molecule has 0 amide bonds. The lowest BCUT2D eigenvalue weighted by molar-refractivity contribution is 0.122. The molecular weight excluding hydrogens is 510 g/mol. The summed E-state index contributed by atoms with van der Waals surface area (Å²) < 4.78 is 11.7. The average molecular weight is 538 g/mol. The molecule has 0 unspecified atom stereocenters. The third-order valence-electron chi connectivity index (χ3n) is 6.28. The van der Waals surface area contributed by atoms with E-state index in [0.717, 1.165) is 76.5 Å². The van der Waals surface area contributed by atoms with Gasteiger partial charge in [-0.2, -0.15) is 0 Å². The van der Waals surface area contributed by atoms with Crippen molar-refractivity contribution in [3.05, 3.63) is 68.5 Å². The number of ether oxygens (including phenoxy) is 2. The smallest absolute Gasteiger partial charge is 0.261 e. The predicted molar refractivity (Wildman–Crippen MR) is 143 cm³/mol. The van der Waals surface area contributed by atoms with Gasteiger partial charge in [0, 0.05) is 31.5 Å². The van der Waals surface area contributed by atoms with Gasteiger partial charge >= 0.3 is 0 Å². The van der Waals surface area contributed by atoms with Gasteiger partial charge in [0.2, 0.25) is 0 Å². The van der Waals surface area contributed by atoms with Crippen molar-refractivity contribution in [2.45, 2.75) is 13.3 Å². The quantitative estimate of drug-likeness (QED) is 0.321. The van der Waals surface area contributed by atoms with E-state index in [-0.39, 0.29) is 5.56 Å². The number of aromatic amines is 2. The number of H-pyrrole nitrogens is 2. The summed E-state index contributed by atoms with van der Waals surface area (Å²) in [5.41, 5.74) is 6.21. The highest BCUT2D eigenvalue weighted by Gasteiger charge is 2.18. The number of halogens is 1. The Labute approximate surface area is 211 Å². The second-order valence-electron chi connectivity index (χ2n) is 8.58. The molecule has 0 bridgehead atoms. The van der Waals surface area contributed by atoms with Crippen LogP contribution in [0, 0.1) is 6.92 Å². The van der Waals surface area contributed by atoms with Crippen molar-refractivity contribution in [2.75, 3.05) is 50.2 Å². The van der Waals surface area contributed by atoms with Crippen LogP contribution in [0.2, 0.25) is 0 Å². The first-order chi connectivity index (χ1) is 17.0. The summed E-state index contributed by atoms with van der Waals surface area (Å²) >= 11 is 3.54. The molecule has 3 N–H and O–H groups in total. The van der Waals surface area contributed by atoms with Gasteiger partial charge in [-0.25, -0.2) is 4.98 Å². The standard InChI is InChI=1S/C26H28BrN5O3/c1-16-13-18(32-9-11-35-12-10-32)15-21-24(16)31-25(30-21)23-20(6-8-29-26(23)33)28-7-5-17-3-4-22(34-2)19(27)14-17/h3-4,6,8,13-15H,5,7,9-12H2,1-2H3,(H,30,31)(H2,28,29,33). The van der Waals surface area contributed by atoms with Crippen LogP contribution in [0.4, 0.5) is 11.4 Å². The largest absolute Gasteiger partial charge is 0.496 e. The Balaban J connectivity index is 1.40. The van der Waals surface area contributed by atoms with Gasteiger partial charge in [0.1, 0.15) is 17.1 Å². The highest BCUT2D eigenvalue weighted by molar-refractivity contribution is 9.10. The third-order valence-corrected chi connectivity index (χ3v) is 6.90. The normalized spacial score (nSPS) is 13.9. The number of imidazole rings is 1. The number of aryl methyl sites for hydroxylation is 1. The summed E-state index contributed by atoms with van der Waals surface area (Å²) in [6.07, 6.45) is 2.44. The summed E-state index contributed by atoms with van der Waals surface area (Å²) in [6, 6.07) is 12.2. The molecule has 3 heterocycles. The van der Waals surface area contributed by atoms with Crippen LogP contribution in [0.25, 0.3) is 22.4 Å². The Bertz CT molecular complexity index is 1410. The van der Waals surface area contributed by atoms with Crippen LogP contribution < -0.4 is 20.5 Å². The van der Waals surface area contributed by atoms with Gasteiger partial charge in [-0.3, -0.25) is 4.79 Å². The molecule has 1 fully saturated rings. The Kier molecular flexibility index (Phi) is 6.79. The first-order valence-corrected chi connectivity index (χ1v) is 12.4. The molecule has 0 spiro atoms. The van der Waals surface area contributed by atoms with Crippen LogP contribution in [-0.2, 0) is 11.2 Å². The fourth-order valence-electron chi connectivity index (χ4n) is 4.46.